The molecule has 1 aromatic rings. The van der Waals surface area contributed by atoms with Crippen LogP contribution in [0.4, 0.5) is 4.79 Å². The van der Waals surface area contributed by atoms with Crippen LogP contribution >= 0.6 is 11.8 Å². The molecular weight excluding hydrogens is 472 g/mol. The van der Waals surface area contributed by atoms with Crippen LogP contribution in [-0.4, -0.2) is 87.1 Å². The number of hydrogen-bond donors (Lipinski definition) is 3. The highest BCUT2D eigenvalue weighted by Crippen LogP contribution is 2.32. The summed E-state index contributed by atoms with van der Waals surface area (Å²) < 4.78 is 15.6. The minimum Gasteiger partial charge on any atom is -0.493 e. The zero-order valence-corrected chi connectivity index (χ0v) is 21.5. The molecule has 0 unspecified atom stereocenters. The average Bonchev–Trinajstić information content (AvgIpc) is 2.88. The Morgan fingerprint density at radius 3 is 2.43 bits per heavy atom. The first-order chi connectivity index (χ1) is 16.9. The van der Waals surface area contributed by atoms with Gasteiger partial charge < -0.3 is 35.1 Å². The van der Waals surface area contributed by atoms with Crippen molar-refractivity contribution in [2.45, 2.75) is 49.1 Å². The fourth-order valence-corrected chi connectivity index (χ4v) is 5.09. The van der Waals surface area contributed by atoms with Crippen LogP contribution in [0, 0.1) is 0 Å². The molecule has 35 heavy (non-hydrogen) atoms. The summed E-state index contributed by atoms with van der Waals surface area (Å²) in [5.74, 6) is 1.05. The third-order valence-corrected chi connectivity index (χ3v) is 7.35. The molecule has 2 aliphatic heterocycles. The van der Waals surface area contributed by atoms with E-state index in [1.54, 1.807) is 32.1 Å². The normalized spacial score (nSPS) is 17.9. The molecule has 11 heteroatoms. The quantitative estimate of drug-likeness (QED) is 0.432. The van der Waals surface area contributed by atoms with Crippen LogP contribution in [0.25, 0.3) is 0 Å². The Labute approximate surface area is 210 Å². The predicted molar refractivity (Wildman–Crippen MR) is 133 cm³/mol. The number of hydrogen-bond acceptors (Lipinski definition) is 8. The van der Waals surface area contributed by atoms with Gasteiger partial charge in [-0.05, 0) is 63.9 Å². The topological polar surface area (TPSA) is 118 Å². The molecule has 10 nitrogen and oxygen atoms in total. The Morgan fingerprint density at radius 2 is 1.80 bits per heavy atom. The minimum atomic E-state index is -0.946. The summed E-state index contributed by atoms with van der Waals surface area (Å²) in [6.07, 6.45) is 2.04. The Bertz CT molecular complexity index is 885. The van der Waals surface area contributed by atoms with Crippen molar-refractivity contribution in [2.24, 2.45) is 0 Å². The molecule has 2 heterocycles. The third-order valence-electron chi connectivity index (χ3n) is 6.35. The number of ether oxygens (including phenoxy) is 3. The number of amides is 3. The Morgan fingerprint density at radius 1 is 1.11 bits per heavy atom. The van der Waals surface area contributed by atoms with Crippen molar-refractivity contribution in [2.75, 3.05) is 52.8 Å². The van der Waals surface area contributed by atoms with Crippen molar-refractivity contribution >= 4 is 29.7 Å². The van der Waals surface area contributed by atoms with Crippen LogP contribution in [0.2, 0.25) is 0 Å². The van der Waals surface area contributed by atoms with Gasteiger partial charge in [-0.1, -0.05) is 0 Å². The predicted octanol–water partition coefficient (Wildman–Crippen LogP) is 1.77. The van der Waals surface area contributed by atoms with E-state index in [1.165, 1.54) is 11.8 Å². The van der Waals surface area contributed by atoms with Gasteiger partial charge in [-0.25, -0.2) is 4.79 Å². The fourth-order valence-electron chi connectivity index (χ4n) is 4.37. The lowest BCUT2D eigenvalue weighted by Gasteiger charge is -2.39. The number of benzene rings is 1. The summed E-state index contributed by atoms with van der Waals surface area (Å²) in [5, 5.41) is 9.43. The van der Waals surface area contributed by atoms with Crippen molar-refractivity contribution in [1.29, 1.82) is 0 Å². The molecular formula is C24H36N4O6S. The largest absolute Gasteiger partial charge is 0.493 e. The number of carbonyl (C=O) groups excluding carboxylic acids is 3. The summed E-state index contributed by atoms with van der Waals surface area (Å²) in [4.78, 5) is 40.7. The van der Waals surface area contributed by atoms with Gasteiger partial charge in [-0.3, -0.25) is 9.59 Å². The van der Waals surface area contributed by atoms with Gasteiger partial charge in [0, 0.05) is 24.0 Å². The zero-order chi connectivity index (χ0) is 25.3. The maximum absolute atomic E-state index is 13.4. The monoisotopic (exact) mass is 508 g/mol. The van der Waals surface area contributed by atoms with Crippen molar-refractivity contribution in [1.82, 2.24) is 20.9 Å². The van der Waals surface area contributed by atoms with E-state index >= 15 is 0 Å². The second kappa shape index (κ2) is 12.9. The summed E-state index contributed by atoms with van der Waals surface area (Å²) in [6, 6.07) is 5.45. The van der Waals surface area contributed by atoms with Gasteiger partial charge >= 0.3 is 6.09 Å². The number of thioether (sulfide) groups is 1. The average molecular weight is 509 g/mol. The molecule has 2 saturated heterocycles. The van der Waals surface area contributed by atoms with E-state index in [4.69, 9.17) is 14.2 Å². The molecule has 0 radical (unpaired) electrons. The van der Waals surface area contributed by atoms with Gasteiger partial charge in [0.1, 0.15) is 5.54 Å². The van der Waals surface area contributed by atoms with Gasteiger partial charge in [-0.15, -0.1) is 11.8 Å². The molecule has 3 amide bonds. The highest BCUT2D eigenvalue weighted by atomic mass is 32.2. The van der Waals surface area contributed by atoms with Gasteiger partial charge in [0.25, 0.3) is 0 Å². The molecule has 2 aliphatic rings. The first-order valence-electron chi connectivity index (χ1n) is 12.0. The van der Waals surface area contributed by atoms with Crippen LogP contribution in [0.3, 0.4) is 0 Å². The third kappa shape index (κ3) is 7.17. The number of carbonyl (C=O) groups is 3. The standard InChI is InChI=1S/C24H36N4O6S/c1-4-34-23(31)28-13-7-17(8-14-28)26-22(30)24(9-11-25-12-10-24)27-21(29)16-35-18-5-6-19(32-2)20(15-18)33-3/h5-6,15,17,25H,4,7-14,16H2,1-3H3,(H,26,30)(H,27,29). The highest BCUT2D eigenvalue weighted by Gasteiger charge is 2.42. The van der Waals surface area contributed by atoms with Crippen LogP contribution in [0.5, 0.6) is 11.5 Å². The van der Waals surface area contributed by atoms with E-state index in [0.29, 0.717) is 70.0 Å². The Kier molecular flexibility index (Phi) is 9.91. The van der Waals surface area contributed by atoms with Crippen molar-refractivity contribution < 1.29 is 28.6 Å². The van der Waals surface area contributed by atoms with Crippen LogP contribution < -0.4 is 25.4 Å². The van der Waals surface area contributed by atoms with E-state index in [0.717, 1.165) is 4.90 Å². The van der Waals surface area contributed by atoms with E-state index < -0.39 is 5.54 Å². The molecule has 0 bridgehead atoms. The molecule has 1 aromatic carbocycles. The summed E-state index contributed by atoms with van der Waals surface area (Å²) >= 11 is 1.37. The number of nitrogens with one attached hydrogen (secondary N) is 3. The van der Waals surface area contributed by atoms with E-state index in [9.17, 15) is 14.4 Å². The van der Waals surface area contributed by atoms with Crippen LogP contribution in [0.15, 0.2) is 23.1 Å². The number of methoxy groups -OCH3 is 2. The van der Waals surface area contributed by atoms with E-state index in [-0.39, 0.29) is 29.7 Å². The van der Waals surface area contributed by atoms with Crippen LogP contribution in [0.1, 0.15) is 32.6 Å². The van der Waals surface area contributed by atoms with Crippen LogP contribution in [-0.2, 0) is 14.3 Å². The molecule has 0 aromatic heterocycles. The lowest BCUT2D eigenvalue weighted by Crippen LogP contribution is -2.64. The molecule has 3 rings (SSSR count). The Balaban J connectivity index is 1.56. The number of rotatable bonds is 9. The van der Waals surface area contributed by atoms with Gasteiger partial charge in [0.15, 0.2) is 11.5 Å². The highest BCUT2D eigenvalue weighted by molar-refractivity contribution is 8.00. The summed E-state index contributed by atoms with van der Waals surface area (Å²) in [7, 11) is 3.14. The molecule has 0 spiro atoms. The molecule has 3 N–H and O–H groups in total. The molecule has 0 saturated carbocycles. The molecule has 2 fully saturated rings. The van der Waals surface area contributed by atoms with Gasteiger partial charge in [0.2, 0.25) is 11.8 Å². The number of piperidine rings is 2. The lowest BCUT2D eigenvalue weighted by atomic mass is 9.86. The van der Waals surface area contributed by atoms with E-state index in [2.05, 4.69) is 16.0 Å². The summed E-state index contributed by atoms with van der Waals surface area (Å²) in [5.41, 5.74) is -0.946. The van der Waals surface area contributed by atoms with Gasteiger partial charge in [0.05, 0.1) is 26.6 Å². The number of nitrogens with zero attached hydrogens (tertiary/aromatic N) is 1. The van der Waals surface area contributed by atoms with E-state index in [1.807, 2.05) is 12.1 Å². The molecule has 0 aliphatic carbocycles. The zero-order valence-electron chi connectivity index (χ0n) is 20.7. The Hall–Kier alpha value is -2.66. The molecule has 0 atom stereocenters. The smallest absolute Gasteiger partial charge is 0.409 e. The second-order valence-corrected chi connectivity index (χ2v) is 9.67. The van der Waals surface area contributed by atoms with Crippen molar-refractivity contribution in [3.8, 4) is 11.5 Å². The number of likely N-dealkylation sites (tertiary alicyclic amines) is 1. The fraction of sp³-hybridized carbons (Fsp3) is 0.625. The van der Waals surface area contributed by atoms with Crippen molar-refractivity contribution in [3.63, 3.8) is 0 Å². The van der Waals surface area contributed by atoms with Gasteiger partial charge in [-0.2, -0.15) is 0 Å². The SMILES string of the molecule is CCOC(=O)N1CCC(NC(=O)C2(NC(=O)CSc3ccc(OC)c(OC)c3)CCNCC2)CC1. The maximum Gasteiger partial charge on any atom is 0.409 e. The first-order valence-corrected chi connectivity index (χ1v) is 13.0. The lowest BCUT2D eigenvalue weighted by molar-refractivity contribution is -0.134. The van der Waals surface area contributed by atoms with Crippen molar-refractivity contribution in [3.05, 3.63) is 18.2 Å². The summed E-state index contributed by atoms with van der Waals surface area (Å²) in [6.45, 7) is 4.50. The minimum absolute atomic E-state index is 0.0435. The maximum atomic E-state index is 13.4. The second-order valence-electron chi connectivity index (χ2n) is 8.62. The molecule has 194 valence electrons. The first kappa shape index (κ1) is 26.9.